The molecule has 13 heavy (non-hydrogen) atoms. The second-order valence-electron chi connectivity index (χ2n) is 3.22. The molecule has 0 radical (unpaired) electrons. The predicted molar refractivity (Wildman–Crippen MR) is 52.9 cm³/mol. The van der Waals surface area contributed by atoms with Crippen LogP contribution in [-0.4, -0.2) is 10.4 Å². The van der Waals surface area contributed by atoms with Crippen molar-refractivity contribution < 1.29 is 4.79 Å². The van der Waals surface area contributed by atoms with Crippen LogP contribution in [-0.2, 0) is 7.05 Å². The van der Waals surface area contributed by atoms with Crippen LogP contribution in [0.25, 0.3) is 10.9 Å². The Morgan fingerprint density at radius 3 is 2.77 bits per heavy atom. The van der Waals surface area contributed by atoms with E-state index in [-0.39, 0.29) is 5.78 Å². The van der Waals surface area contributed by atoms with Crippen LogP contribution >= 0.6 is 0 Å². The van der Waals surface area contributed by atoms with E-state index in [1.165, 1.54) is 0 Å². The van der Waals surface area contributed by atoms with E-state index in [1.807, 2.05) is 42.1 Å². The second-order valence-corrected chi connectivity index (χ2v) is 3.22. The minimum absolute atomic E-state index is 0.122. The van der Waals surface area contributed by atoms with E-state index in [9.17, 15) is 4.79 Å². The van der Waals surface area contributed by atoms with Gasteiger partial charge in [0.05, 0.1) is 0 Å². The van der Waals surface area contributed by atoms with Crippen molar-refractivity contribution in [3.8, 4) is 0 Å². The molecule has 0 aliphatic heterocycles. The summed E-state index contributed by atoms with van der Waals surface area (Å²) < 4.78 is 2.02. The minimum atomic E-state index is 0.122. The van der Waals surface area contributed by atoms with E-state index in [0.717, 1.165) is 16.5 Å². The lowest BCUT2D eigenvalue weighted by Crippen LogP contribution is -1.92. The van der Waals surface area contributed by atoms with Gasteiger partial charge in [0.2, 0.25) is 0 Å². The van der Waals surface area contributed by atoms with Gasteiger partial charge in [0.15, 0.2) is 5.78 Å². The van der Waals surface area contributed by atoms with E-state index in [1.54, 1.807) is 6.92 Å². The zero-order chi connectivity index (χ0) is 9.42. The zero-order valence-electron chi connectivity index (χ0n) is 7.74. The maximum Gasteiger partial charge on any atom is 0.160 e. The highest BCUT2D eigenvalue weighted by atomic mass is 16.1. The number of aryl methyl sites for hydroxylation is 1. The maximum absolute atomic E-state index is 11.3. The summed E-state index contributed by atoms with van der Waals surface area (Å²) >= 11 is 0. The quantitative estimate of drug-likeness (QED) is 0.607. The van der Waals surface area contributed by atoms with Gasteiger partial charge in [0, 0.05) is 29.7 Å². The molecule has 66 valence electrons. The van der Waals surface area contributed by atoms with Gasteiger partial charge in [-0.1, -0.05) is 12.1 Å². The first-order valence-electron chi connectivity index (χ1n) is 4.25. The number of carbonyl (C=O) groups is 1. The normalized spacial score (nSPS) is 10.6. The van der Waals surface area contributed by atoms with Crippen LogP contribution in [0.2, 0.25) is 0 Å². The summed E-state index contributed by atoms with van der Waals surface area (Å²) in [6.07, 6.45) is 1.97. The molecule has 0 spiro atoms. The van der Waals surface area contributed by atoms with Gasteiger partial charge in [0.1, 0.15) is 0 Å². The van der Waals surface area contributed by atoms with Crippen LogP contribution in [0.5, 0.6) is 0 Å². The van der Waals surface area contributed by atoms with Gasteiger partial charge in [-0.3, -0.25) is 4.79 Å². The Balaban J connectivity index is 2.84. The fourth-order valence-electron chi connectivity index (χ4n) is 1.61. The SMILES string of the molecule is CC(=O)c1cccc2c1ccn2C. The molecule has 2 rings (SSSR count). The Labute approximate surface area is 76.8 Å². The monoisotopic (exact) mass is 173 g/mol. The van der Waals surface area contributed by atoms with Crippen molar-refractivity contribution in [2.75, 3.05) is 0 Å². The summed E-state index contributed by atoms with van der Waals surface area (Å²) in [5.41, 5.74) is 1.91. The topological polar surface area (TPSA) is 22.0 Å². The van der Waals surface area contributed by atoms with Gasteiger partial charge in [-0.15, -0.1) is 0 Å². The number of rotatable bonds is 1. The van der Waals surface area contributed by atoms with Gasteiger partial charge in [-0.25, -0.2) is 0 Å². The van der Waals surface area contributed by atoms with Crippen LogP contribution in [0.15, 0.2) is 30.5 Å². The molecule has 2 heteroatoms. The van der Waals surface area contributed by atoms with E-state index >= 15 is 0 Å². The fraction of sp³-hybridized carbons (Fsp3) is 0.182. The number of hydrogen-bond acceptors (Lipinski definition) is 1. The molecular formula is C11H11NO. The average Bonchev–Trinajstić information content (AvgIpc) is 2.48. The molecule has 1 aromatic heterocycles. The van der Waals surface area contributed by atoms with Gasteiger partial charge in [-0.2, -0.15) is 0 Å². The van der Waals surface area contributed by atoms with Crippen molar-refractivity contribution in [1.82, 2.24) is 4.57 Å². The van der Waals surface area contributed by atoms with Crippen LogP contribution in [0.3, 0.4) is 0 Å². The Morgan fingerprint density at radius 1 is 1.31 bits per heavy atom. The predicted octanol–water partition coefficient (Wildman–Crippen LogP) is 2.38. The van der Waals surface area contributed by atoms with Crippen LogP contribution < -0.4 is 0 Å². The van der Waals surface area contributed by atoms with E-state index in [4.69, 9.17) is 0 Å². The number of fused-ring (bicyclic) bond motifs is 1. The molecule has 0 bridgehead atoms. The first kappa shape index (κ1) is 8.05. The highest BCUT2D eigenvalue weighted by Gasteiger charge is 2.06. The Kier molecular flexibility index (Phi) is 1.69. The van der Waals surface area contributed by atoms with E-state index in [2.05, 4.69) is 0 Å². The number of ketones is 1. The van der Waals surface area contributed by atoms with Crippen molar-refractivity contribution in [3.05, 3.63) is 36.0 Å². The molecule has 0 saturated carbocycles. The third-order valence-corrected chi connectivity index (χ3v) is 2.31. The highest BCUT2D eigenvalue weighted by Crippen LogP contribution is 2.19. The molecule has 0 aliphatic carbocycles. The van der Waals surface area contributed by atoms with E-state index in [0.29, 0.717) is 0 Å². The number of benzene rings is 1. The number of hydrogen-bond donors (Lipinski definition) is 0. The minimum Gasteiger partial charge on any atom is -0.351 e. The standard InChI is InChI=1S/C11H11NO/c1-8(13)9-4-3-5-11-10(9)6-7-12(11)2/h3-7H,1-2H3. The molecule has 1 aromatic carbocycles. The lowest BCUT2D eigenvalue weighted by atomic mass is 10.1. The van der Waals surface area contributed by atoms with E-state index < -0.39 is 0 Å². The molecule has 0 N–H and O–H groups in total. The summed E-state index contributed by atoms with van der Waals surface area (Å²) in [6.45, 7) is 1.60. The highest BCUT2D eigenvalue weighted by molar-refractivity contribution is 6.06. The van der Waals surface area contributed by atoms with Crippen molar-refractivity contribution in [2.24, 2.45) is 7.05 Å². The summed E-state index contributed by atoms with van der Waals surface area (Å²) in [7, 11) is 1.98. The van der Waals surface area contributed by atoms with Gasteiger partial charge in [-0.05, 0) is 19.1 Å². The molecule has 0 saturated heterocycles. The number of nitrogens with zero attached hydrogens (tertiary/aromatic N) is 1. The summed E-state index contributed by atoms with van der Waals surface area (Å²) in [5, 5.41) is 1.04. The third kappa shape index (κ3) is 1.15. The first-order valence-corrected chi connectivity index (χ1v) is 4.25. The summed E-state index contributed by atoms with van der Waals surface area (Å²) in [5.74, 6) is 0.122. The zero-order valence-corrected chi connectivity index (χ0v) is 7.74. The smallest absolute Gasteiger partial charge is 0.160 e. The Bertz CT molecular complexity index is 468. The Morgan fingerprint density at radius 2 is 2.08 bits per heavy atom. The van der Waals surface area contributed by atoms with Gasteiger partial charge < -0.3 is 4.57 Å². The number of aromatic nitrogens is 1. The molecule has 0 fully saturated rings. The van der Waals surface area contributed by atoms with Crippen LogP contribution in [0.1, 0.15) is 17.3 Å². The first-order chi connectivity index (χ1) is 6.20. The summed E-state index contributed by atoms with van der Waals surface area (Å²) in [6, 6.07) is 7.78. The van der Waals surface area contributed by atoms with Crippen LogP contribution in [0.4, 0.5) is 0 Å². The lowest BCUT2D eigenvalue weighted by Gasteiger charge is -1.99. The molecule has 0 amide bonds. The van der Waals surface area contributed by atoms with Gasteiger partial charge >= 0.3 is 0 Å². The average molecular weight is 173 g/mol. The maximum atomic E-state index is 11.3. The van der Waals surface area contributed by atoms with Crippen molar-refractivity contribution in [1.29, 1.82) is 0 Å². The molecule has 2 nitrogen and oxygen atoms in total. The fourth-order valence-corrected chi connectivity index (χ4v) is 1.61. The molecule has 0 aliphatic rings. The summed E-state index contributed by atoms with van der Waals surface area (Å²) in [4.78, 5) is 11.3. The van der Waals surface area contributed by atoms with Gasteiger partial charge in [0.25, 0.3) is 0 Å². The number of carbonyl (C=O) groups excluding carboxylic acids is 1. The Hall–Kier alpha value is -1.57. The molecule has 0 unspecified atom stereocenters. The second kappa shape index (κ2) is 2.73. The van der Waals surface area contributed by atoms with Crippen molar-refractivity contribution >= 4 is 16.7 Å². The molecule has 1 heterocycles. The molecule has 0 atom stereocenters. The van der Waals surface area contributed by atoms with Crippen molar-refractivity contribution in [3.63, 3.8) is 0 Å². The largest absolute Gasteiger partial charge is 0.351 e. The molecular weight excluding hydrogens is 162 g/mol. The number of Topliss-reactive ketones (excluding diaryl/α,β-unsaturated/α-hetero) is 1. The van der Waals surface area contributed by atoms with Crippen molar-refractivity contribution in [2.45, 2.75) is 6.92 Å². The third-order valence-electron chi connectivity index (χ3n) is 2.31. The lowest BCUT2D eigenvalue weighted by molar-refractivity contribution is 0.101. The van der Waals surface area contributed by atoms with Crippen LogP contribution in [0, 0.1) is 0 Å². The molecule has 2 aromatic rings.